The standard InChI is InChI=1S/C22H24N2O3S2/c25-16(6-5-12-9-13-3-1-2-4-14(13)10-12)18-17(28)11-24-20(18)21(26)15-7-8-23-19(15)22(27)29/h1-4,9,15,18-20,23-24H,5-8,10-11H2,(H,27,29)/t15?,18?,19-,20-/m0/s1. The topological polar surface area (TPSA) is 75.3 Å². The molecule has 7 heteroatoms. The Balaban J connectivity index is 1.41. The quantitative estimate of drug-likeness (QED) is 0.455. The lowest BCUT2D eigenvalue weighted by atomic mass is 9.83. The highest BCUT2D eigenvalue weighted by Crippen LogP contribution is 2.30. The van der Waals surface area contributed by atoms with Crippen molar-refractivity contribution < 1.29 is 14.4 Å². The molecule has 0 amide bonds. The van der Waals surface area contributed by atoms with Crippen LogP contribution < -0.4 is 10.6 Å². The SMILES string of the molecule is O=C(CCC1=Cc2ccccc2C1)C1C(=S)CN[C@@H]1C(=O)C1CCN[C@@H]1C(=O)S. The Hall–Kier alpha value is -1.67. The van der Waals surface area contributed by atoms with Crippen molar-refractivity contribution in [2.75, 3.05) is 13.1 Å². The number of thiocarbonyl (C=S) groups is 1. The first-order chi connectivity index (χ1) is 14.0. The molecule has 1 aliphatic carbocycles. The Labute approximate surface area is 181 Å². The van der Waals surface area contributed by atoms with Crippen molar-refractivity contribution in [3.8, 4) is 0 Å². The zero-order chi connectivity index (χ0) is 20.5. The lowest BCUT2D eigenvalue weighted by Crippen LogP contribution is -2.47. The molecule has 0 saturated carbocycles. The van der Waals surface area contributed by atoms with Crippen LogP contribution >= 0.6 is 24.8 Å². The Kier molecular flexibility index (Phi) is 6.11. The fourth-order valence-corrected chi connectivity index (χ4v) is 5.33. The van der Waals surface area contributed by atoms with Crippen molar-refractivity contribution in [1.29, 1.82) is 0 Å². The molecule has 0 spiro atoms. The van der Waals surface area contributed by atoms with Crippen LogP contribution in [0.15, 0.2) is 29.8 Å². The Morgan fingerprint density at radius 3 is 2.69 bits per heavy atom. The number of ketones is 2. The third kappa shape index (κ3) is 4.14. The van der Waals surface area contributed by atoms with Crippen LogP contribution in [0.3, 0.4) is 0 Å². The second-order valence-corrected chi connectivity index (χ2v) is 8.98. The number of benzene rings is 1. The van der Waals surface area contributed by atoms with Gasteiger partial charge in [-0.1, -0.05) is 48.1 Å². The van der Waals surface area contributed by atoms with Gasteiger partial charge in [0.25, 0.3) is 0 Å². The van der Waals surface area contributed by atoms with Crippen molar-refractivity contribution in [1.82, 2.24) is 10.6 Å². The molecular weight excluding hydrogens is 404 g/mol. The molecular formula is C22H24N2O3S2. The number of hydrogen-bond donors (Lipinski definition) is 3. The molecule has 4 atom stereocenters. The average molecular weight is 429 g/mol. The molecule has 2 aliphatic heterocycles. The number of fused-ring (bicyclic) bond motifs is 1. The number of Topliss-reactive ketones (excluding diaryl/α,β-unsaturated/α-hetero) is 2. The number of rotatable bonds is 7. The number of nitrogens with one attached hydrogen (secondary N) is 2. The summed E-state index contributed by atoms with van der Waals surface area (Å²) in [5, 5.41) is 5.83. The number of hydrogen-bond acceptors (Lipinski definition) is 6. The summed E-state index contributed by atoms with van der Waals surface area (Å²) in [6, 6.07) is 7.03. The van der Waals surface area contributed by atoms with Crippen LogP contribution in [-0.2, 0) is 20.8 Å². The molecule has 3 aliphatic rings. The van der Waals surface area contributed by atoms with Crippen LogP contribution in [0.25, 0.3) is 6.08 Å². The fraction of sp³-hybridized carbons (Fsp3) is 0.455. The summed E-state index contributed by atoms with van der Waals surface area (Å²) < 4.78 is 0. The third-order valence-electron chi connectivity index (χ3n) is 6.21. The number of allylic oxidation sites excluding steroid dienone is 1. The van der Waals surface area contributed by atoms with Gasteiger partial charge in [-0.25, -0.2) is 0 Å². The molecule has 29 heavy (non-hydrogen) atoms. The van der Waals surface area contributed by atoms with Crippen LogP contribution in [0.1, 0.15) is 30.4 Å². The lowest BCUT2D eigenvalue weighted by Gasteiger charge is -2.23. The van der Waals surface area contributed by atoms with Gasteiger partial charge in [0, 0.05) is 23.7 Å². The van der Waals surface area contributed by atoms with E-state index in [1.165, 1.54) is 16.7 Å². The van der Waals surface area contributed by atoms with Gasteiger partial charge < -0.3 is 10.6 Å². The van der Waals surface area contributed by atoms with E-state index in [4.69, 9.17) is 12.2 Å². The van der Waals surface area contributed by atoms with Gasteiger partial charge in [-0.2, -0.15) is 0 Å². The second kappa shape index (κ2) is 8.60. The minimum absolute atomic E-state index is 0.00918. The molecule has 2 heterocycles. The van der Waals surface area contributed by atoms with Gasteiger partial charge in [-0.05, 0) is 36.9 Å². The van der Waals surface area contributed by atoms with Crippen molar-refractivity contribution in [2.45, 2.75) is 37.8 Å². The summed E-state index contributed by atoms with van der Waals surface area (Å²) >= 11 is 9.33. The van der Waals surface area contributed by atoms with E-state index in [2.05, 4.69) is 41.5 Å². The lowest BCUT2D eigenvalue weighted by molar-refractivity contribution is -0.131. The molecule has 4 rings (SSSR count). The maximum Gasteiger partial charge on any atom is 0.203 e. The van der Waals surface area contributed by atoms with Crippen molar-refractivity contribution in [3.63, 3.8) is 0 Å². The molecule has 2 N–H and O–H groups in total. The average Bonchev–Trinajstić information content (AvgIpc) is 3.42. The van der Waals surface area contributed by atoms with E-state index in [0.717, 1.165) is 6.42 Å². The zero-order valence-electron chi connectivity index (χ0n) is 16.0. The van der Waals surface area contributed by atoms with Gasteiger partial charge >= 0.3 is 0 Å². The van der Waals surface area contributed by atoms with E-state index in [9.17, 15) is 14.4 Å². The van der Waals surface area contributed by atoms with E-state index in [0.29, 0.717) is 37.2 Å². The van der Waals surface area contributed by atoms with Crippen molar-refractivity contribution >= 4 is 52.5 Å². The smallest absolute Gasteiger partial charge is 0.203 e. The summed E-state index contributed by atoms with van der Waals surface area (Å²) in [6.07, 6.45) is 4.65. The first-order valence-corrected chi connectivity index (χ1v) is 10.9. The molecule has 2 fully saturated rings. The van der Waals surface area contributed by atoms with Gasteiger partial charge in [0.05, 0.1) is 18.0 Å². The zero-order valence-corrected chi connectivity index (χ0v) is 17.7. The summed E-state index contributed by atoms with van der Waals surface area (Å²) in [5.41, 5.74) is 3.74. The second-order valence-electron chi connectivity index (χ2n) is 8.01. The fourth-order valence-electron chi connectivity index (χ4n) is 4.71. The molecule has 0 radical (unpaired) electrons. The van der Waals surface area contributed by atoms with Crippen LogP contribution in [-0.4, -0.2) is 46.7 Å². The van der Waals surface area contributed by atoms with Crippen LogP contribution in [0, 0.1) is 11.8 Å². The van der Waals surface area contributed by atoms with Crippen LogP contribution in [0.4, 0.5) is 0 Å². The summed E-state index contributed by atoms with van der Waals surface area (Å²) in [5.74, 6) is -1.14. The highest BCUT2D eigenvalue weighted by Gasteiger charge is 2.46. The number of carbonyl (C=O) groups is 3. The van der Waals surface area contributed by atoms with E-state index in [1.54, 1.807) is 0 Å². The first kappa shape index (κ1) is 20.6. The molecule has 1 aromatic carbocycles. The summed E-state index contributed by atoms with van der Waals surface area (Å²) in [7, 11) is 0. The summed E-state index contributed by atoms with van der Waals surface area (Å²) in [6.45, 7) is 0.980. The molecule has 2 saturated heterocycles. The van der Waals surface area contributed by atoms with Crippen LogP contribution in [0.5, 0.6) is 0 Å². The van der Waals surface area contributed by atoms with Gasteiger partial charge in [-0.15, -0.1) is 12.6 Å². The maximum absolute atomic E-state index is 13.1. The highest BCUT2D eigenvalue weighted by atomic mass is 32.1. The Morgan fingerprint density at radius 1 is 1.14 bits per heavy atom. The first-order valence-electron chi connectivity index (χ1n) is 10.0. The van der Waals surface area contributed by atoms with Gasteiger partial charge in [-0.3, -0.25) is 14.4 Å². The van der Waals surface area contributed by atoms with E-state index >= 15 is 0 Å². The van der Waals surface area contributed by atoms with E-state index in [-0.39, 0.29) is 16.7 Å². The minimum atomic E-state index is -0.634. The largest absolute Gasteiger partial charge is 0.306 e. The minimum Gasteiger partial charge on any atom is -0.306 e. The maximum atomic E-state index is 13.1. The molecule has 0 bridgehead atoms. The van der Waals surface area contributed by atoms with Gasteiger partial charge in [0.1, 0.15) is 5.78 Å². The van der Waals surface area contributed by atoms with Gasteiger partial charge in [0.15, 0.2) is 5.78 Å². The Morgan fingerprint density at radius 2 is 1.93 bits per heavy atom. The number of carbonyl (C=O) groups excluding carboxylic acids is 3. The third-order valence-corrected chi connectivity index (χ3v) is 6.88. The molecule has 2 unspecified atom stereocenters. The molecule has 0 aromatic heterocycles. The molecule has 5 nitrogen and oxygen atoms in total. The monoisotopic (exact) mass is 428 g/mol. The van der Waals surface area contributed by atoms with Crippen molar-refractivity contribution in [2.24, 2.45) is 11.8 Å². The van der Waals surface area contributed by atoms with E-state index < -0.39 is 23.9 Å². The predicted octanol–water partition coefficient (Wildman–Crippen LogP) is 1.94. The van der Waals surface area contributed by atoms with Gasteiger partial charge in [0.2, 0.25) is 5.12 Å². The Bertz CT molecular complexity index is 911. The normalized spacial score (nSPS) is 28.3. The summed E-state index contributed by atoms with van der Waals surface area (Å²) in [4.78, 5) is 38.5. The molecule has 152 valence electrons. The highest BCUT2D eigenvalue weighted by molar-refractivity contribution is 7.96. The predicted molar refractivity (Wildman–Crippen MR) is 119 cm³/mol. The van der Waals surface area contributed by atoms with Crippen LogP contribution in [0.2, 0.25) is 0 Å². The number of thiol groups is 1. The van der Waals surface area contributed by atoms with E-state index in [1.807, 2.05) is 12.1 Å². The molecule has 1 aromatic rings. The van der Waals surface area contributed by atoms with Crippen molar-refractivity contribution in [3.05, 3.63) is 41.0 Å².